The Morgan fingerprint density at radius 3 is 2.53 bits per heavy atom. The summed E-state index contributed by atoms with van der Waals surface area (Å²) in [5.74, 6) is 1.77. The molecule has 0 heterocycles. The zero-order valence-corrected chi connectivity index (χ0v) is 12.1. The number of ether oxygens (including phenoxy) is 2. The molecule has 1 N–H and O–H groups in total. The van der Waals surface area contributed by atoms with Crippen molar-refractivity contribution < 1.29 is 9.47 Å². The van der Waals surface area contributed by atoms with Crippen molar-refractivity contribution in [3.63, 3.8) is 0 Å². The summed E-state index contributed by atoms with van der Waals surface area (Å²) in [6.07, 6.45) is 7.91. The van der Waals surface area contributed by atoms with Crippen LogP contribution in [0, 0.1) is 0 Å². The first-order chi connectivity index (χ1) is 9.35. The zero-order chi connectivity index (χ0) is 13.5. The molecule has 0 spiro atoms. The Hall–Kier alpha value is -1.22. The molecule has 1 aliphatic rings. The summed E-state index contributed by atoms with van der Waals surface area (Å²) in [7, 11) is 3.66. The van der Waals surface area contributed by atoms with Gasteiger partial charge < -0.3 is 14.8 Å². The first-order valence-electron chi connectivity index (χ1n) is 7.32. The molecule has 0 atom stereocenters. The highest BCUT2D eigenvalue weighted by Crippen LogP contribution is 2.34. The molecule has 1 saturated carbocycles. The molecule has 2 rings (SSSR count). The van der Waals surface area contributed by atoms with Gasteiger partial charge >= 0.3 is 0 Å². The van der Waals surface area contributed by atoms with Crippen LogP contribution >= 0.6 is 0 Å². The second-order valence-electron chi connectivity index (χ2n) is 5.21. The van der Waals surface area contributed by atoms with Gasteiger partial charge in [0.1, 0.15) is 0 Å². The monoisotopic (exact) mass is 263 g/mol. The maximum Gasteiger partial charge on any atom is 0.166 e. The van der Waals surface area contributed by atoms with E-state index in [4.69, 9.17) is 9.47 Å². The third-order valence-corrected chi connectivity index (χ3v) is 3.73. The van der Waals surface area contributed by atoms with E-state index in [2.05, 4.69) is 11.4 Å². The summed E-state index contributed by atoms with van der Waals surface area (Å²) < 4.78 is 11.7. The van der Waals surface area contributed by atoms with E-state index in [1.807, 2.05) is 19.2 Å². The maximum absolute atomic E-state index is 6.28. The molecule has 1 fully saturated rings. The molecule has 0 saturated heterocycles. The lowest BCUT2D eigenvalue weighted by molar-refractivity contribution is 0.174. The number of hydrogen-bond donors (Lipinski definition) is 1. The van der Waals surface area contributed by atoms with E-state index < -0.39 is 0 Å². The Bertz CT molecular complexity index is 384. The lowest BCUT2D eigenvalue weighted by atomic mass is 10.1. The summed E-state index contributed by atoms with van der Waals surface area (Å²) in [5.41, 5.74) is 1.17. The van der Waals surface area contributed by atoms with Gasteiger partial charge in [0.05, 0.1) is 13.2 Å². The van der Waals surface area contributed by atoms with Crippen molar-refractivity contribution in [3.8, 4) is 11.5 Å². The van der Waals surface area contributed by atoms with Crippen molar-refractivity contribution in [2.24, 2.45) is 0 Å². The number of benzene rings is 1. The van der Waals surface area contributed by atoms with Crippen LogP contribution in [0.1, 0.15) is 44.1 Å². The predicted octanol–water partition coefficient (Wildman–Crippen LogP) is 3.52. The third-order valence-electron chi connectivity index (χ3n) is 3.73. The van der Waals surface area contributed by atoms with E-state index in [-0.39, 0.29) is 0 Å². The van der Waals surface area contributed by atoms with Crippen LogP contribution in [-0.2, 0) is 6.54 Å². The Balaban J connectivity index is 2.15. The quantitative estimate of drug-likeness (QED) is 0.825. The van der Waals surface area contributed by atoms with E-state index in [1.165, 1.54) is 31.2 Å². The standard InChI is InChI=1S/C16H25NO2/c1-17-12-13-8-7-11-15(18-2)16(13)19-14-9-5-3-4-6-10-14/h7-8,11,14,17H,3-6,9-10,12H2,1-2H3. The van der Waals surface area contributed by atoms with Crippen LogP contribution < -0.4 is 14.8 Å². The van der Waals surface area contributed by atoms with E-state index in [0.717, 1.165) is 30.9 Å². The topological polar surface area (TPSA) is 30.5 Å². The van der Waals surface area contributed by atoms with Crippen molar-refractivity contribution >= 4 is 0 Å². The van der Waals surface area contributed by atoms with Gasteiger partial charge in [-0.15, -0.1) is 0 Å². The molecule has 1 aromatic carbocycles. The largest absolute Gasteiger partial charge is 0.493 e. The Morgan fingerprint density at radius 2 is 1.89 bits per heavy atom. The molecule has 0 amide bonds. The van der Waals surface area contributed by atoms with Gasteiger partial charge in [0.25, 0.3) is 0 Å². The fourth-order valence-electron chi connectivity index (χ4n) is 2.71. The molecule has 0 aliphatic heterocycles. The fraction of sp³-hybridized carbons (Fsp3) is 0.625. The number of methoxy groups -OCH3 is 1. The number of rotatable bonds is 5. The number of hydrogen-bond acceptors (Lipinski definition) is 3. The second kappa shape index (κ2) is 7.39. The average Bonchev–Trinajstić information content (AvgIpc) is 2.69. The molecule has 1 aromatic rings. The summed E-state index contributed by atoms with van der Waals surface area (Å²) in [6, 6.07) is 6.10. The van der Waals surface area contributed by atoms with E-state index in [0.29, 0.717) is 6.10 Å². The SMILES string of the molecule is CNCc1cccc(OC)c1OC1CCCCCC1. The first kappa shape index (κ1) is 14.2. The van der Waals surface area contributed by atoms with Crippen molar-refractivity contribution in [1.82, 2.24) is 5.32 Å². The molecular weight excluding hydrogens is 238 g/mol. The Kier molecular flexibility index (Phi) is 5.52. The lowest BCUT2D eigenvalue weighted by Crippen LogP contribution is -2.17. The highest BCUT2D eigenvalue weighted by Gasteiger charge is 2.18. The van der Waals surface area contributed by atoms with Crippen LogP contribution in [0.2, 0.25) is 0 Å². The van der Waals surface area contributed by atoms with E-state index in [9.17, 15) is 0 Å². The van der Waals surface area contributed by atoms with Gasteiger partial charge in [0.15, 0.2) is 11.5 Å². The van der Waals surface area contributed by atoms with Gasteiger partial charge in [-0.2, -0.15) is 0 Å². The molecule has 19 heavy (non-hydrogen) atoms. The summed E-state index contributed by atoms with van der Waals surface area (Å²) in [4.78, 5) is 0. The van der Waals surface area contributed by atoms with Crippen molar-refractivity contribution in [2.45, 2.75) is 51.2 Å². The maximum atomic E-state index is 6.28. The minimum atomic E-state index is 0.342. The predicted molar refractivity (Wildman–Crippen MR) is 77.9 cm³/mol. The van der Waals surface area contributed by atoms with E-state index >= 15 is 0 Å². The van der Waals surface area contributed by atoms with Crippen LogP contribution in [-0.4, -0.2) is 20.3 Å². The van der Waals surface area contributed by atoms with Crippen LogP contribution in [0.5, 0.6) is 11.5 Å². The summed E-state index contributed by atoms with van der Waals surface area (Å²) in [5, 5.41) is 3.19. The molecule has 3 nitrogen and oxygen atoms in total. The third kappa shape index (κ3) is 3.87. The van der Waals surface area contributed by atoms with Crippen LogP contribution in [0.15, 0.2) is 18.2 Å². The minimum Gasteiger partial charge on any atom is -0.493 e. The summed E-state index contributed by atoms with van der Waals surface area (Å²) >= 11 is 0. The molecule has 0 aromatic heterocycles. The van der Waals surface area contributed by atoms with Gasteiger partial charge in [-0.25, -0.2) is 0 Å². The minimum absolute atomic E-state index is 0.342. The van der Waals surface area contributed by atoms with Gasteiger partial charge in [-0.1, -0.05) is 25.0 Å². The molecule has 0 radical (unpaired) electrons. The Labute approximate surface area is 116 Å². The average molecular weight is 263 g/mol. The van der Waals surface area contributed by atoms with Crippen LogP contribution in [0.25, 0.3) is 0 Å². The molecule has 106 valence electrons. The van der Waals surface area contributed by atoms with Gasteiger partial charge in [-0.3, -0.25) is 0 Å². The number of nitrogens with one attached hydrogen (secondary N) is 1. The van der Waals surface area contributed by atoms with Crippen molar-refractivity contribution in [2.75, 3.05) is 14.2 Å². The number of para-hydroxylation sites is 1. The second-order valence-corrected chi connectivity index (χ2v) is 5.21. The van der Waals surface area contributed by atoms with Crippen LogP contribution in [0.4, 0.5) is 0 Å². The normalized spacial score (nSPS) is 16.9. The molecule has 0 unspecified atom stereocenters. The molecule has 1 aliphatic carbocycles. The van der Waals surface area contributed by atoms with Gasteiger partial charge in [0, 0.05) is 12.1 Å². The van der Waals surface area contributed by atoms with Crippen molar-refractivity contribution in [1.29, 1.82) is 0 Å². The van der Waals surface area contributed by atoms with Crippen LogP contribution in [0.3, 0.4) is 0 Å². The molecule has 0 bridgehead atoms. The first-order valence-corrected chi connectivity index (χ1v) is 7.32. The highest BCUT2D eigenvalue weighted by atomic mass is 16.5. The molecule has 3 heteroatoms. The fourth-order valence-corrected chi connectivity index (χ4v) is 2.71. The lowest BCUT2D eigenvalue weighted by Gasteiger charge is -2.21. The van der Waals surface area contributed by atoms with Crippen molar-refractivity contribution in [3.05, 3.63) is 23.8 Å². The summed E-state index contributed by atoms with van der Waals surface area (Å²) in [6.45, 7) is 0.805. The Morgan fingerprint density at radius 1 is 1.16 bits per heavy atom. The van der Waals surface area contributed by atoms with E-state index in [1.54, 1.807) is 7.11 Å². The smallest absolute Gasteiger partial charge is 0.166 e. The highest BCUT2D eigenvalue weighted by molar-refractivity contribution is 5.46. The zero-order valence-electron chi connectivity index (χ0n) is 12.1. The van der Waals surface area contributed by atoms with Gasteiger partial charge in [-0.05, 0) is 38.8 Å². The van der Waals surface area contributed by atoms with Gasteiger partial charge in [0.2, 0.25) is 0 Å². The molecular formula is C16H25NO2.